The third-order valence-corrected chi connectivity index (χ3v) is 3.77. The van der Waals surface area contributed by atoms with Crippen molar-refractivity contribution in [2.24, 2.45) is 5.92 Å². The van der Waals surface area contributed by atoms with Crippen LogP contribution in [0.25, 0.3) is 0 Å². The molecule has 1 aliphatic heterocycles. The minimum atomic E-state index is -4.51. The van der Waals surface area contributed by atoms with Crippen molar-refractivity contribution in [2.45, 2.75) is 32.1 Å². The molecule has 10 heteroatoms. The molecular weight excluding hydrogens is 323 g/mol. The second-order valence-corrected chi connectivity index (χ2v) is 5.48. The molecule has 22 heavy (non-hydrogen) atoms. The number of aromatic nitrogens is 3. The molecule has 2 aliphatic rings. The number of carbonyl (C=O) groups excluding carboxylic acids is 1. The molecule has 0 aromatic carbocycles. The molecule has 0 saturated heterocycles. The largest absolute Gasteiger partial charge is 0.451 e. The van der Waals surface area contributed by atoms with Gasteiger partial charge in [0.1, 0.15) is 0 Å². The van der Waals surface area contributed by atoms with Gasteiger partial charge < -0.3 is 14.8 Å². The van der Waals surface area contributed by atoms with Gasteiger partial charge >= 0.3 is 6.18 Å². The predicted octanol–water partition coefficient (Wildman–Crippen LogP) is 1.06. The molecule has 1 amide bonds. The molecule has 2 heterocycles. The third kappa shape index (κ3) is 3.70. The van der Waals surface area contributed by atoms with Crippen molar-refractivity contribution in [1.82, 2.24) is 25.0 Å². The van der Waals surface area contributed by atoms with Gasteiger partial charge in [-0.3, -0.25) is 4.79 Å². The number of nitrogens with zero attached hydrogens (tertiary/aromatic N) is 4. The summed E-state index contributed by atoms with van der Waals surface area (Å²) < 4.78 is 39.1. The lowest BCUT2D eigenvalue weighted by Crippen LogP contribution is -2.43. The number of halogens is 4. The molecule has 1 N–H and O–H groups in total. The van der Waals surface area contributed by atoms with Gasteiger partial charge in [0.15, 0.2) is 5.82 Å². The van der Waals surface area contributed by atoms with E-state index in [-0.39, 0.29) is 50.3 Å². The van der Waals surface area contributed by atoms with E-state index in [1.165, 1.54) is 17.7 Å². The molecule has 0 unspecified atom stereocenters. The maximum Gasteiger partial charge on any atom is 0.451 e. The van der Waals surface area contributed by atoms with Crippen molar-refractivity contribution in [2.75, 3.05) is 19.6 Å². The number of alkyl halides is 3. The minimum absolute atomic E-state index is 0. The van der Waals surface area contributed by atoms with E-state index >= 15 is 0 Å². The summed E-state index contributed by atoms with van der Waals surface area (Å²) in [6.45, 7) is 1.45. The lowest BCUT2D eigenvalue weighted by atomic mass is 10.3. The summed E-state index contributed by atoms with van der Waals surface area (Å²) in [5, 5.41) is 9.83. The predicted molar refractivity (Wildman–Crippen MR) is 73.3 cm³/mol. The first-order valence-corrected chi connectivity index (χ1v) is 6.93. The fourth-order valence-electron chi connectivity index (χ4n) is 2.40. The van der Waals surface area contributed by atoms with E-state index in [0.717, 1.165) is 11.1 Å². The summed E-state index contributed by atoms with van der Waals surface area (Å²) in [5.41, 5.74) is 0. The van der Waals surface area contributed by atoms with Crippen molar-refractivity contribution in [3.63, 3.8) is 0 Å². The van der Waals surface area contributed by atoms with Crippen LogP contribution in [0.2, 0.25) is 0 Å². The SMILES string of the molecule is Cl.O=C(CNCC1CC1)N1CCn2c(nnc2C(F)(F)F)C1. The van der Waals surface area contributed by atoms with Gasteiger partial charge in [-0.25, -0.2) is 0 Å². The summed E-state index contributed by atoms with van der Waals surface area (Å²) in [6.07, 6.45) is -2.11. The maximum atomic E-state index is 12.7. The monoisotopic (exact) mass is 339 g/mol. The fraction of sp³-hybridized carbons (Fsp3) is 0.750. The third-order valence-electron chi connectivity index (χ3n) is 3.77. The van der Waals surface area contributed by atoms with E-state index in [9.17, 15) is 18.0 Å². The lowest BCUT2D eigenvalue weighted by Gasteiger charge is -2.28. The number of fused-ring (bicyclic) bond motifs is 1. The van der Waals surface area contributed by atoms with Gasteiger partial charge in [-0.05, 0) is 25.3 Å². The van der Waals surface area contributed by atoms with Crippen LogP contribution in [0.4, 0.5) is 13.2 Å². The molecule has 1 saturated carbocycles. The zero-order valence-electron chi connectivity index (χ0n) is 11.8. The molecule has 0 spiro atoms. The molecule has 124 valence electrons. The highest BCUT2D eigenvalue weighted by molar-refractivity contribution is 5.85. The Kier molecular flexibility index (Phi) is 4.96. The van der Waals surface area contributed by atoms with Crippen LogP contribution in [-0.2, 0) is 24.1 Å². The molecule has 3 rings (SSSR count). The highest BCUT2D eigenvalue weighted by atomic mass is 35.5. The Labute approximate surface area is 131 Å². The van der Waals surface area contributed by atoms with Crippen LogP contribution >= 0.6 is 12.4 Å². The standard InChI is InChI=1S/C12H16F3N5O.ClH/c13-12(14,15)11-18-17-9-7-19(3-4-20(9)11)10(21)6-16-5-8-1-2-8;/h8,16H,1-7H2;1H. The topological polar surface area (TPSA) is 63.1 Å². The van der Waals surface area contributed by atoms with Crippen LogP contribution in [0.3, 0.4) is 0 Å². The van der Waals surface area contributed by atoms with Crippen LogP contribution in [-0.4, -0.2) is 45.2 Å². The van der Waals surface area contributed by atoms with E-state index in [1.54, 1.807) is 0 Å². The Morgan fingerprint density at radius 3 is 2.64 bits per heavy atom. The zero-order chi connectivity index (χ0) is 15.0. The Morgan fingerprint density at radius 2 is 2.00 bits per heavy atom. The number of hydrogen-bond donors (Lipinski definition) is 1. The van der Waals surface area contributed by atoms with E-state index in [1.807, 2.05) is 0 Å². The average molecular weight is 340 g/mol. The number of rotatable bonds is 4. The van der Waals surface area contributed by atoms with Gasteiger partial charge in [-0.1, -0.05) is 0 Å². The Morgan fingerprint density at radius 1 is 1.27 bits per heavy atom. The molecule has 0 radical (unpaired) electrons. The second kappa shape index (κ2) is 6.41. The molecule has 6 nitrogen and oxygen atoms in total. The minimum Gasteiger partial charge on any atom is -0.332 e. The highest BCUT2D eigenvalue weighted by Gasteiger charge is 2.39. The first kappa shape index (κ1) is 17.0. The molecule has 1 aromatic rings. The van der Waals surface area contributed by atoms with Crippen molar-refractivity contribution in [3.05, 3.63) is 11.6 Å². The summed E-state index contributed by atoms with van der Waals surface area (Å²) in [5.74, 6) is -0.240. The smallest absolute Gasteiger partial charge is 0.332 e. The van der Waals surface area contributed by atoms with Gasteiger partial charge in [0.2, 0.25) is 11.7 Å². The van der Waals surface area contributed by atoms with Crippen LogP contribution in [0.1, 0.15) is 24.5 Å². The second-order valence-electron chi connectivity index (χ2n) is 5.48. The molecule has 0 bridgehead atoms. The van der Waals surface area contributed by atoms with Crippen molar-refractivity contribution in [3.8, 4) is 0 Å². The van der Waals surface area contributed by atoms with Gasteiger partial charge in [0, 0.05) is 13.1 Å². The molecule has 1 fully saturated rings. The quantitative estimate of drug-likeness (QED) is 0.891. The zero-order valence-corrected chi connectivity index (χ0v) is 12.6. The van der Waals surface area contributed by atoms with Crippen LogP contribution in [0.5, 0.6) is 0 Å². The van der Waals surface area contributed by atoms with E-state index in [4.69, 9.17) is 0 Å². The van der Waals surface area contributed by atoms with Crippen LogP contribution in [0.15, 0.2) is 0 Å². The first-order valence-electron chi connectivity index (χ1n) is 6.93. The fourth-order valence-corrected chi connectivity index (χ4v) is 2.40. The Hall–Kier alpha value is -1.35. The maximum absolute atomic E-state index is 12.7. The lowest BCUT2D eigenvalue weighted by molar-refractivity contribution is -0.148. The summed E-state index contributed by atoms with van der Waals surface area (Å²) in [6, 6.07) is 0. The number of carbonyl (C=O) groups is 1. The van der Waals surface area contributed by atoms with Crippen molar-refractivity contribution < 1.29 is 18.0 Å². The average Bonchev–Trinajstić information content (AvgIpc) is 3.13. The van der Waals surface area contributed by atoms with Crippen LogP contribution in [0, 0.1) is 5.92 Å². The molecular formula is C12H17ClF3N5O. The van der Waals surface area contributed by atoms with E-state index < -0.39 is 12.0 Å². The first-order chi connectivity index (χ1) is 9.95. The van der Waals surface area contributed by atoms with Crippen LogP contribution < -0.4 is 5.32 Å². The summed E-state index contributed by atoms with van der Waals surface area (Å²) >= 11 is 0. The van der Waals surface area contributed by atoms with Gasteiger partial charge in [0.05, 0.1) is 13.1 Å². The van der Waals surface area contributed by atoms with E-state index in [0.29, 0.717) is 5.92 Å². The Balaban J connectivity index is 0.00000176. The van der Waals surface area contributed by atoms with Crippen molar-refractivity contribution in [1.29, 1.82) is 0 Å². The van der Waals surface area contributed by atoms with Gasteiger partial charge in [-0.2, -0.15) is 13.2 Å². The van der Waals surface area contributed by atoms with Gasteiger partial charge in [-0.15, -0.1) is 22.6 Å². The molecule has 1 aliphatic carbocycles. The number of hydrogen-bond acceptors (Lipinski definition) is 4. The van der Waals surface area contributed by atoms with Gasteiger partial charge in [0.25, 0.3) is 0 Å². The summed E-state index contributed by atoms with van der Waals surface area (Å²) in [7, 11) is 0. The number of amides is 1. The van der Waals surface area contributed by atoms with Crippen molar-refractivity contribution >= 4 is 18.3 Å². The summed E-state index contributed by atoms with van der Waals surface area (Å²) in [4.78, 5) is 13.5. The number of nitrogens with one attached hydrogen (secondary N) is 1. The molecule has 0 atom stereocenters. The van der Waals surface area contributed by atoms with E-state index in [2.05, 4.69) is 15.5 Å². The highest BCUT2D eigenvalue weighted by Crippen LogP contribution is 2.29. The molecule has 1 aromatic heterocycles. The Bertz CT molecular complexity index is 543. The normalized spacial score (nSPS) is 17.9.